The molecule has 0 amide bonds. The summed E-state index contributed by atoms with van der Waals surface area (Å²) >= 11 is 1.53. The summed E-state index contributed by atoms with van der Waals surface area (Å²) in [5.74, 6) is 0.710. The van der Waals surface area contributed by atoms with Crippen molar-refractivity contribution in [2.75, 3.05) is 6.54 Å². The first-order valence-electron chi connectivity index (χ1n) is 6.49. The molecule has 1 aromatic heterocycles. The molecule has 4 heteroatoms. The summed E-state index contributed by atoms with van der Waals surface area (Å²) < 4.78 is 0. The molecule has 0 aliphatic heterocycles. The molecule has 0 saturated heterocycles. The van der Waals surface area contributed by atoms with Gasteiger partial charge >= 0.3 is 0 Å². The molecule has 1 aliphatic rings. The summed E-state index contributed by atoms with van der Waals surface area (Å²) in [6.45, 7) is 2.79. The zero-order valence-electron chi connectivity index (χ0n) is 10.4. The number of aromatic nitrogens is 1. The van der Waals surface area contributed by atoms with Crippen molar-refractivity contribution in [1.29, 1.82) is 0 Å². The third-order valence-corrected chi connectivity index (χ3v) is 5.06. The molecule has 1 aromatic rings. The van der Waals surface area contributed by atoms with Crippen molar-refractivity contribution in [2.45, 2.75) is 45.1 Å². The van der Waals surface area contributed by atoms with Crippen molar-refractivity contribution in [2.24, 2.45) is 17.1 Å². The molecule has 1 aliphatic carbocycles. The van der Waals surface area contributed by atoms with E-state index in [0.29, 0.717) is 12.5 Å². The maximum Gasteiger partial charge on any atom is 0.122 e. The maximum atomic E-state index is 10.6. The van der Waals surface area contributed by atoms with Crippen LogP contribution in [0.15, 0.2) is 11.6 Å². The van der Waals surface area contributed by atoms with Gasteiger partial charge in [-0.2, -0.15) is 0 Å². The molecular formula is C13H22N2OS. The molecule has 2 rings (SSSR count). The SMILES string of the molecule is CCC1CCCC(CN)(C(O)c2nccs2)C1. The second-order valence-electron chi connectivity index (χ2n) is 5.21. The highest BCUT2D eigenvalue weighted by Crippen LogP contribution is 2.48. The highest BCUT2D eigenvalue weighted by molar-refractivity contribution is 7.09. The average Bonchev–Trinajstić information content (AvgIpc) is 2.91. The van der Waals surface area contributed by atoms with Gasteiger partial charge in [0.05, 0.1) is 0 Å². The van der Waals surface area contributed by atoms with Crippen molar-refractivity contribution >= 4 is 11.3 Å². The van der Waals surface area contributed by atoms with E-state index in [1.165, 1.54) is 30.6 Å². The van der Waals surface area contributed by atoms with Gasteiger partial charge in [-0.1, -0.05) is 26.2 Å². The molecule has 1 fully saturated rings. The number of rotatable bonds is 4. The standard InChI is InChI=1S/C13H22N2OS/c1-2-10-4-3-5-13(8-10,9-14)11(16)12-15-6-7-17-12/h6-7,10-11,16H,2-5,8-9,14H2,1H3. The van der Waals surface area contributed by atoms with Crippen molar-refractivity contribution in [1.82, 2.24) is 4.98 Å². The van der Waals surface area contributed by atoms with Gasteiger partial charge in [0, 0.05) is 23.5 Å². The van der Waals surface area contributed by atoms with Gasteiger partial charge in [0.25, 0.3) is 0 Å². The molecule has 0 bridgehead atoms. The Balaban J connectivity index is 2.18. The third kappa shape index (κ3) is 2.54. The first-order valence-corrected chi connectivity index (χ1v) is 7.37. The predicted octanol–water partition coefficient (Wildman–Crippen LogP) is 2.72. The van der Waals surface area contributed by atoms with E-state index in [1.807, 2.05) is 5.38 Å². The van der Waals surface area contributed by atoms with Gasteiger partial charge in [-0.15, -0.1) is 11.3 Å². The quantitative estimate of drug-likeness (QED) is 0.868. The van der Waals surface area contributed by atoms with Gasteiger partial charge < -0.3 is 10.8 Å². The average molecular weight is 254 g/mol. The van der Waals surface area contributed by atoms with E-state index in [1.54, 1.807) is 6.20 Å². The van der Waals surface area contributed by atoms with E-state index < -0.39 is 6.10 Å². The Bertz CT molecular complexity index is 341. The van der Waals surface area contributed by atoms with Crippen molar-refractivity contribution < 1.29 is 5.11 Å². The van der Waals surface area contributed by atoms with Crippen LogP contribution in [0.25, 0.3) is 0 Å². The summed E-state index contributed by atoms with van der Waals surface area (Å²) in [7, 11) is 0. The minimum Gasteiger partial charge on any atom is -0.385 e. The lowest BCUT2D eigenvalue weighted by Crippen LogP contribution is -2.41. The van der Waals surface area contributed by atoms with E-state index >= 15 is 0 Å². The molecule has 3 atom stereocenters. The molecule has 17 heavy (non-hydrogen) atoms. The fourth-order valence-electron chi connectivity index (χ4n) is 3.05. The minimum atomic E-state index is -0.484. The third-order valence-electron chi connectivity index (χ3n) is 4.23. The van der Waals surface area contributed by atoms with Crippen LogP contribution in [0.1, 0.15) is 50.1 Å². The zero-order chi connectivity index (χ0) is 12.3. The molecule has 3 nitrogen and oxygen atoms in total. The van der Waals surface area contributed by atoms with Crippen LogP contribution in [0, 0.1) is 11.3 Å². The second kappa shape index (κ2) is 5.46. The van der Waals surface area contributed by atoms with Gasteiger partial charge in [0.15, 0.2) is 0 Å². The van der Waals surface area contributed by atoms with Crippen LogP contribution >= 0.6 is 11.3 Å². The Morgan fingerprint density at radius 3 is 3.12 bits per heavy atom. The van der Waals surface area contributed by atoms with E-state index in [4.69, 9.17) is 5.73 Å². The van der Waals surface area contributed by atoms with Crippen LogP contribution in [-0.2, 0) is 0 Å². The van der Waals surface area contributed by atoms with Crippen LogP contribution in [0.5, 0.6) is 0 Å². The van der Waals surface area contributed by atoms with Gasteiger partial charge in [0.2, 0.25) is 0 Å². The van der Waals surface area contributed by atoms with E-state index in [-0.39, 0.29) is 5.41 Å². The van der Waals surface area contributed by atoms with Gasteiger partial charge in [-0.25, -0.2) is 4.98 Å². The van der Waals surface area contributed by atoms with Crippen LogP contribution in [-0.4, -0.2) is 16.6 Å². The molecule has 96 valence electrons. The van der Waals surface area contributed by atoms with Gasteiger partial charge in [-0.3, -0.25) is 0 Å². The summed E-state index contributed by atoms with van der Waals surface area (Å²) in [5, 5.41) is 13.3. The lowest BCUT2D eigenvalue weighted by atomic mass is 9.66. The fourth-order valence-corrected chi connectivity index (χ4v) is 3.81. The number of nitrogens with two attached hydrogens (primary N) is 1. The van der Waals surface area contributed by atoms with Crippen molar-refractivity contribution in [3.05, 3.63) is 16.6 Å². The van der Waals surface area contributed by atoms with E-state index in [9.17, 15) is 5.11 Å². The number of nitrogens with zero attached hydrogens (tertiary/aromatic N) is 1. The number of thiazole rings is 1. The molecule has 0 radical (unpaired) electrons. The summed E-state index contributed by atoms with van der Waals surface area (Å²) in [4.78, 5) is 4.25. The second-order valence-corrected chi connectivity index (χ2v) is 6.14. The summed E-state index contributed by atoms with van der Waals surface area (Å²) in [6, 6.07) is 0. The Morgan fingerprint density at radius 2 is 2.53 bits per heavy atom. The topological polar surface area (TPSA) is 59.1 Å². The summed E-state index contributed by atoms with van der Waals surface area (Å²) in [5.41, 5.74) is 5.84. The Labute approximate surface area is 107 Å². The minimum absolute atomic E-state index is 0.142. The molecular weight excluding hydrogens is 232 g/mol. The van der Waals surface area contributed by atoms with Crippen molar-refractivity contribution in [3.8, 4) is 0 Å². The number of aliphatic hydroxyl groups excluding tert-OH is 1. The molecule has 3 unspecified atom stereocenters. The molecule has 0 aromatic carbocycles. The molecule has 3 N–H and O–H groups in total. The number of aliphatic hydroxyl groups is 1. The smallest absolute Gasteiger partial charge is 0.122 e. The Morgan fingerprint density at radius 1 is 1.71 bits per heavy atom. The highest BCUT2D eigenvalue weighted by Gasteiger charge is 2.42. The lowest BCUT2D eigenvalue weighted by Gasteiger charge is -2.42. The summed E-state index contributed by atoms with van der Waals surface area (Å²) in [6.07, 6.45) is 6.99. The largest absolute Gasteiger partial charge is 0.385 e. The molecule has 1 heterocycles. The van der Waals surface area contributed by atoms with Crippen LogP contribution in [0.4, 0.5) is 0 Å². The van der Waals surface area contributed by atoms with Gasteiger partial charge in [-0.05, 0) is 18.8 Å². The number of hydrogen-bond donors (Lipinski definition) is 2. The normalized spacial score (nSPS) is 31.4. The molecule has 0 spiro atoms. The first kappa shape index (κ1) is 13.0. The first-order chi connectivity index (χ1) is 8.22. The van der Waals surface area contributed by atoms with Crippen LogP contribution < -0.4 is 5.73 Å². The van der Waals surface area contributed by atoms with Crippen molar-refractivity contribution in [3.63, 3.8) is 0 Å². The maximum absolute atomic E-state index is 10.6. The molecule has 1 saturated carbocycles. The van der Waals surface area contributed by atoms with E-state index in [2.05, 4.69) is 11.9 Å². The lowest BCUT2D eigenvalue weighted by molar-refractivity contribution is -0.0163. The number of hydrogen-bond acceptors (Lipinski definition) is 4. The van der Waals surface area contributed by atoms with Crippen LogP contribution in [0.2, 0.25) is 0 Å². The monoisotopic (exact) mass is 254 g/mol. The Kier molecular flexibility index (Phi) is 4.17. The fraction of sp³-hybridized carbons (Fsp3) is 0.769. The van der Waals surface area contributed by atoms with Gasteiger partial charge in [0.1, 0.15) is 11.1 Å². The Hall–Kier alpha value is -0.450. The highest BCUT2D eigenvalue weighted by atomic mass is 32.1. The zero-order valence-corrected chi connectivity index (χ0v) is 11.2. The van der Waals surface area contributed by atoms with Crippen LogP contribution in [0.3, 0.4) is 0 Å². The van der Waals surface area contributed by atoms with E-state index in [0.717, 1.165) is 17.8 Å². The predicted molar refractivity (Wildman–Crippen MR) is 70.8 cm³/mol.